The molecular weight excluding hydrogens is 261 g/mol. The molecule has 0 N–H and O–H groups in total. The molecule has 0 aromatic heterocycles. The lowest BCUT2D eigenvalue weighted by Crippen LogP contribution is -2.29. The van der Waals surface area contributed by atoms with Crippen molar-refractivity contribution < 1.29 is 9.18 Å². The molecule has 1 amide bonds. The molecule has 2 aromatic carbocycles. The van der Waals surface area contributed by atoms with Crippen LogP contribution in [0.25, 0.3) is 0 Å². The van der Waals surface area contributed by atoms with Crippen LogP contribution in [-0.2, 0) is 4.79 Å². The monoisotopic (exact) mass is 273 g/mol. The number of rotatable bonds is 2. The maximum Gasteiger partial charge on any atom is 0.273 e. The van der Waals surface area contributed by atoms with Gasteiger partial charge in [-0.25, -0.2) is 4.39 Å². The number of nitrogens with zero attached hydrogens (tertiary/aromatic N) is 1. The van der Waals surface area contributed by atoms with Crippen molar-refractivity contribution in [3.8, 4) is 0 Å². The molecule has 0 unspecified atom stereocenters. The summed E-state index contributed by atoms with van der Waals surface area (Å²) in [6, 6.07) is 18.8. The molecular formula is C15H12FNOS. The van der Waals surface area contributed by atoms with Crippen LogP contribution in [0.4, 0.5) is 10.1 Å². The second-order valence-electron chi connectivity index (χ2n) is 4.26. The van der Waals surface area contributed by atoms with Crippen molar-refractivity contribution in [1.29, 1.82) is 0 Å². The van der Waals surface area contributed by atoms with Crippen LogP contribution in [-0.4, -0.2) is 11.4 Å². The van der Waals surface area contributed by atoms with Crippen LogP contribution in [0.5, 0.6) is 0 Å². The number of halogens is 1. The lowest BCUT2D eigenvalue weighted by Gasteiger charge is -2.23. The number of carbonyl (C=O) groups is 1. The van der Waals surface area contributed by atoms with Gasteiger partial charge < -0.3 is 0 Å². The maximum atomic E-state index is 13.8. The highest BCUT2D eigenvalue weighted by molar-refractivity contribution is 8.01. The fourth-order valence-corrected chi connectivity index (χ4v) is 3.27. The smallest absolute Gasteiger partial charge is 0.273 e. The number of alkyl halides is 1. The van der Waals surface area contributed by atoms with E-state index in [0.29, 0.717) is 0 Å². The lowest BCUT2D eigenvalue weighted by molar-refractivity contribution is -0.120. The second kappa shape index (κ2) is 5.05. The van der Waals surface area contributed by atoms with E-state index in [-0.39, 0.29) is 5.37 Å². The summed E-state index contributed by atoms with van der Waals surface area (Å²) in [6.07, 6.45) is 0. The van der Waals surface area contributed by atoms with Crippen molar-refractivity contribution in [2.24, 2.45) is 0 Å². The van der Waals surface area contributed by atoms with Crippen molar-refractivity contribution in [2.45, 2.75) is 10.9 Å². The number of benzene rings is 2. The quantitative estimate of drug-likeness (QED) is 0.830. The van der Waals surface area contributed by atoms with Gasteiger partial charge in [-0.3, -0.25) is 9.69 Å². The molecule has 0 saturated carbocycles. The Bertz CT molecular complexity index is 575. The summed E-state index contributed by atoms with van der Waals surface area (Å²) in [7, 11) is 0. The highest BCUT2D eigenvalue weighted by Gasteiger charge is 2.42. The van der Waals surface area contributed by atoms with Gasteiger partial charge in [0.05, 0.1) is 0 Å². The van der Waals surface area contributed by atoms with Gasteiger partial charge in [0.1, 0.15) is 5.37 Å². The van der Waals surface area contributed by atoms with Gasteiger partial charge in [-0.2, -0.15) is 0 Å². The van der Waals surface area contributed by atoms with Gasteiger partial charge in [-0.05, 0) is 17.7 Å². The maximum absolute atomic E-state index is 13.8. The first kappa shape index (κ1) is 12.2. The van der Waals surface area contributed by atoms with Crippen molar-refractivity contribution >= 4 is 23.4 Å². The molecule has 1 aliphatic rings. The Labute approximate surface area is 115 Å². The molecule has 2 atom stereocenters. The van der Waals surface area contributed by atoms with E-state index in [9.17, 15) is 9.18 Å². The predicted octanol–water partition coefficient (Wildman–Crippen LogP) is 3.76. The molecule has 2 aromatic rings. The first-order valence-corrected chi connectivity index (χ1v) is 6.94. The number of amides is 1. The molecule has 0 spiro atoms. The minimum Gasteiger partial charge on any atom is -0.292 e. The van der Waals surface area contributed by atoms with Crippen LogP contribution in [0.15, 0.2) is 60.7 Å². The number of thioether (sulfide) groups is 1. The summed E-state index contributed by atoms with van der Waals surface area (Å²) in [5.74, 6) is -0.481. The molecule has 3 rings (SSSR count). The Morgan fingerprint density at radius 1 is 0.947 bits per heavy atom. The molecule has 1 fully saturated rings. The first-order chi connectivity index (χ1) is 9.27. The Morgan fingerprint density at radius 3 is 2.16 bits per heavy atom. The zero-order chi connectivity index (χ0) is 13.2. The third kappa shape index (κ3) is 2.24. The number of carbonyl (C=O) groups excluding carboxylic acids is 1. The largest absolute Gasteiger partial charge is 0.292 e. The zero-order valence-corrected chi connectivity index (χ0v) is 10.9. The third-order valence-electron chi connectivity index (χ3n) is 3.03. The van der Waals surface area contributed by atoms with E-state index >= 15 is 0 Å². The summed E-state index contributed by atoms with van der Waals surface area (Å²) < 4.78 is 13.8. The summed E-state index contributed by atoms with van der Waals surface area (Å²) in [6.45, 7) is 0. The van der Waals surface area contributed by atoms with Gasteiger partial charge in [0, 0.05) is 5.69 Å². The lowest BCUT2D eigenvalue weighted by atomic mass is 10.2. The Kier molecular flexibility index (Phi) is 3.25. The molecule has 1 aliphatic heterocycles. The number of hydrogen-bond acceptors (Lipinski definition) is 2. The van der Waals surface area contributed by atoms with Gasteiger partial charge >= 0.3 is 0 Å². The summed E-state index contributed by atoms with van der Waals surface area (Å²) >= 11 is 1.04. The first-order valence-electron chi connectivity index (χ1n) is 6.00. The van der Waals surface area contributed by atoms with Crippen molar-refractivity contribution in [3.05, 3.63) is 66.2 Å². The Morgan fingerprint density at radius 2 is 1.53 bits per heavy atom. The van der Waals surface area contributed by atoms with E-state index in [2.05, 4.69) is 0 Å². The fourth-order valence-electron chi connectivity index (χ4n) is 2.15. The molecule has 19 heavy (non-hydrogen) atoms. The summed E-state index contributed by atoms with van der Waals surface area (Å²) in [5, 5.41) is -0.300. The van der Waals surface area contributed by atoms with Gasteiger partial charge in [-0.1, -0.05) is 60.3 Å². The van der Waals surface area contributed by atoms with E-state index in [0.717, 1.165) is 23.0 Å². The van der Waals surface area contributed by atoms with Gasteiger partial charge in [-0.15, -0.1) is 0 Å². The predicted molar refractivity (Wildman–Crippen MR) is 75.6 cm³/mol. The van der Waals surface area contributed by atoms with Crippen LogP contribution < -0.4 is 4.90 Å². The highest BCUT2D eigenvalue weighted by atomic mass is 32.2. The van der Waals surface area contributed by atoms with E-state index in [1.165, 1.54) is 4.90 Å². The second-order valence-corrected chi connectivity index (χ2v) is 5.39. The highest BCUT2D eigenvalue weighted by Crippen LogP contribution is 2.45. The average molecular weight is 273 g/mol. The number of anilines is 1. The molecule has 0 aliphatic carbocycles. The number of para-hydroxylation sites is 1. The zero-order valence-electron chi connectivity index (χ0n) is 10.1. The van der Waals surface area contributed by atoms with Crippen LogP contribution in [0, 0.1) is 0 Å². The molecule has 2 nitrogen and oxygen atoms in total. The van der Waals surface area contributed by atoms with Crippen molar-refractivity contribution in [1.82, 2.24) is 0 Å². The van der Waals surface area contributed by atoms with E-state index < -0.39 is 11.4 Å². The molecule has 4 heteroatoms. The minimum atomic E-state index is -1.49. The van der Waals surface area contributed by atoms with Crippen molar-refractivity contribution in [3.63, 3.8) is 0 Å². The van der Waals surface area contributed by atoms with Gasteiger partial charge in [0.25, 0.3) is 5.91 Å². The molecule has 1 saturated heterocycles. The Hall–Kier alpha value is -1.81. The van der Waals surface area contributed by atoms with Crippen LogP contribution >= 0.6 is 11.8 Å². The molecule has 0 radical (unpaired) electrons. The normalized spacial score (nSPS) is 22.8. The van der Waals surface area contributed by atoms with E-state index in [1.807, 2.05) is 60.7 Å². The average Bonchev–Trinajstić information content (AvgIpc) is 2.77. The summed E-state index contributed by atoms with van der Waals surface area (Å²) in [4.78, 5) is 13.6. The minimum absolute atomic E-state index is 0.300. The SMILES string of the molecule is O=C1[C@H](F)S[C@@H](c2ccccc2)N1c1ccccc1. The van der Waals surface area contributed by atoms with Gasteiger partial charge in [0.2, 0.25) is 5.50 Å². The molecule has 96 valence electrons. The van der Waals surface area contributed by atoms with Crippen LogP contribution in [0.1, 0.15) is 10.9 Å². The topological polar surface area (TPSA) is 20.3 Å². The Balaban J connectivity index is 2.02. The molecule has 0 bridgehead atoms. The van der Waals surface area contributed by atoms with Crippen molar-refractivity contribution in [2.75, 3.05) is 4.90 Å². The van der Waals surface area contributed by atoms with Gasteiger partial charge in [0.15, 0.2) is 0 Å². The van der Waals surface area contributed by atoms with Crippen LogP contribution in [0.3, 0.4) is 0 Å². The fraction of sp³-hybridized carbons (Fsp3) is 0.133. The van der Waals surface area contributed by atoms with E-state index in [4.69, 9.17) is 0 Å². The van der Waals surface area contributed by atoms with E-state index in [1.54, 1.807) is 0 Å². The van der Waals surface area contributed by atoms with Crippen LogP contribution in [0.2, 0.25) is 0 Å². The standard InChI is InChI=1S/C15H12FNOS/c16-13-14(18)17(12-9-5-2-6-10-12)15(19-13)11-7-3-1-4-8-11/h1-10,13,15H/t13-,15+/m1/s1. The third-order valence-corrected chi connectivity index (χ3v) is 4.21. The summed E-state index contributed by atoms with van der Waals surface area (Å²) in [5.41, 5.74) is 0.171. The number of hydrogen-bond donors (Lipinski definition) is 0. The molecule has 1 heterocycles.